The molecule has 0 aliphatic carbocycles. The third-order valence-electron chi connectivity index (χ3n) is 2.52. The second-order valence-electron chi connectivity index (χ2n) is 4.10. The van der Waals surface area contributed by atoms with Crippen LogP contribution in [-0.4, -0.2) is 44.1 Å². The molecule has 7 nitrogen and oxygen atoms in total. The highest BCUT2D eigenvalue weighted by Gasteiger charge is 2.15. The quantitative estimate of drug-likeness (QED) is 0.705. The lowest BCUT2D eigenvalue weighted by Crippen LogP contribution is -2.37. The number of rotatable bonds is 5. The topological polar surface area (TPSA) is 104 Å². The van der Waals surface area contributed by atoms with Crippen molar-refractivity contribution in [2.24, 2.45) is 0 Å². The smallest absolute Gasteiger partial charge is 0.334 e. The van der Waals surface area contributed by atoms with E-state index in [2.05, 4.69) is 10.3 Å². The Hall–Kier alpha value is -1.93. The highest BCUT2D eigenvalue weighted by molar-refractivity contribution is 7.15. The van der Waals surface area contributed by atoms with Crippen molar-refractivity contribution in [3.05, 3.63) is 23.0 Å². The van der Waals surface area contributed by atoms with E-state index in [9.17, 15) is 9.59 Å². The molecule has 0 saturated heterocycles. The predicted octanol–water partition coefficient (Wildman–Crippen LogP) is -0.192. The van der Waals surface area contributed by atoms with Gasteiger partial charge in [-0.1, -0.05) is 0 Å². The van der Waals surface area contributed by atoms with Crippen molar-refractivity contribution in [1.29, 1.82) is 0 Å². The molecule has 0 bridgehead atoms. The number of hydrogen-bond donors (Lipinski definition) is 3. The number of aliphatic carboxylic acids is 1. The van der Waals surface area contributed by atoms with Gasteiger partial charge in [0.2, 0.25) is 5.91 Å². The summed E-state index contributed by atoms with van der Waals surface area (Å²) in [5.41, 5.74) is 1.65. The number of carboxylic acids is 1. The fourth-order valence-electron chi connectivity index (χ4n) is 1.59. The number of imidazole rings is 1. The number of nitrogens with zero attached hydrogens (tertiary/aromatic N) is 2. The molecule has 0 fully saturated rings. The van der Waals surface area contributed by atoms with E-state index < -0.39 is 12.1 Å². The summed E-state index contributed by atoms with van der Waals surface area (Å²) >= 11 is 1.43. The van der Waals surface area contributed by atoms with E-state index in [1.54, 1.807) is 0 Å². The van der Waals surface area contributed by atoms with Gasteiger partial charge in [-0.2, -0.15) is 0 Å². The molecule has 0 spiro atoms. The van der Waals surface area contributed by atoms with Crippen LogP contribution in [0.4, 0.5) is 0 Å². The number of carbonyl (C=O) groups excluding carboxylic acids is 1. The Morgan fingerprint density at radius 2 is 2.32 bits per heavy atom. The molecule has 0 aliphatic heterocycles. The monoisotopic (exact) mass is 283 g/mol. The Morgan fingerprint density at radius 1 is 1.58 bits per heavy atom. The second-order valence-corrected chi connectivity index (χ2v) is 4.93. The first-order chi connectivity index (χ1) is 8.97. The Morgan fingerprint density at radius 3 is 3.00 bits per heavy atom. The van der Waals surface area contributed by atoms with Gasteiger partial charge in [0, 0.05) is 17.3 Å². The Labute approximate surface area is 112 Å². The lowest BCUT2D eigenvalue weighted by Gasteiger charge is -2.07. The van der Waals surface area contributed by atoms with Crippen LogP contribution in [0.15, 0.2) is 11.6 Å². The first-order valence-corrected chi connectivity index (χ1v) is 6.45. The lowest BCUT2D eigenvalue weighted by molar-refractivity contribution is -0.146. The molecule has 1 atom stereocenters. The van der Waals surface area contributed by atoms with Gasteiger partial charge < -0.3 is 15.5 Å². The van der Waals surface area contributed by atoms with Gasteiger partial charge in [0.05, 0.1) is 18.7 Å². The number of hydrogen-bond acceptors (Lipinski definition) is 5. The predicted molar refractivity (Wildman–Crippen MR) is 68.2 cm³/mol. The van der Waals surface area contributed by atoms with E-state index in [-0.39, 0.29) is 18.9 Å². The van der Waals surface area contributed by atoms with E-state index in [1.165, 1.54) is 11.3 Å². The molecule has 3 N–H and O–H groups in total. The first kappa shape index (κ1) is 13.5. The van der Waals surface area contributed by atoms with Crippen LogP contribution in [-0.2, 0) is 16.0 Å². The summed E-state index contributed by atoms with van der Waals surface area (Å²) in [4.78, 5) is 27.1. The van der Waals surface area contributed by atoms with Crippen molar-refractivity contribution in [2.45, 2.75) is 19.4 Å². The van der Waals surface area contributed by atoms with Crippen LogP contribution in [0.5, 0.6) is 0 Å². The Balaban J connectivity index is 1.97. The number of fused-ring (bicyclic) bond motifs is 1. The van der Waals surface area contributed by atoms with Crippen LogP contribution in [0.2, 0.25) is 0 Å². The maximum Gasteiger partial charge on any atom is 0.334 e. The molecule has 19 heavy (non-hydrogen) atoms. The van der Waals surface area contributed by atoms with E-state index >= 15 is 0 Å². The normalized spacial score (nSPS) is 12.5. The standard InChI is InChI=1S/C11H13N3O4S/c1-6-4-14-7(5-19-11(14)13-6)2-9(16)12-3-8(15)10(17)18/h4-5,8,15H,2-3H2,1H3,(H,12,16)(H,17,18)/t8-/m0/s1. The van der Waals surface area contributed by atoms with Crippen LogP contribution < -0.4 is 5.32 Å². The lowest BCUT2D eigenvalue weighted by atomic mass is 10.3. The van der Waals surface area contributed by atoms with Crippen molar-refractivity contribution in [1.82, 2.24) is 14.7 Å². The molecular formula is C11H13N3O4S. The zero-order chi connectivity index (χ0) is 14.0. The van der Waals surface area contributed by atoms with Crippen molar-refractivity contribution in [3.63, 3.8) is 0 Å². The maximum absolute atomic E-state index is 11.6. The van der Waals surface area contributed by atoms with Crippen molar-refractivity contribution >= 4 is 28.2 Å². The second kappa shape index (κ2) is 5.37. The minimum Gasteiger partial charge on any atom is -0.479 e. The number of carbonyl (C=O) groups is 2. The van der Waals surface area contributed by atoms with Gasteiger partial charge in [-0.05, 0) is 6.92 Å². The third-order valence-corrected chi connectivity index (χ3v) is 3.41. The summed E-state index contributed by atoms with van der Waals surface area (Å²) < 4.78 is 1.83. The van der Waals surface area contributed by atoms with Crippen LogP contribution in [0.3, 0.4) is 0 Å². The highest BCUT2D eigenvalue weighted by atomic mass is 32.1. The minimum absolute atomic E-state index is 0.113. The van der Waals surface area contributed by atoms with Gasteiger partial charge in [-0.3, -0.25) is 9.20 Å². The SMILES string of the molecule is Cc1cn2c(CC(=O)NC[C@H](O)C(=O)O)csc2n1. The highest BCUT2D eigenvalue weighted by Crippen LogP contribution is 2.16. The summed E-state index contributed by atoms with van der Waals surface area (Å²) in [7, 11) is 0. The van der Waals surface area contributed by atoms with Gasteiger partial charge >= 0.3 is 5.97 Å². The molecule has 2 aromatic rings. The van der Waals surface area contributed by atoms with Crippen molar-refractivity contribution < 1.29 is 19.8 Å². The number of thiazole rings is 1. The third kappa shape index (κ3) is 3.09. The fourth-order valence-corrected chi connectivity index (χ4v) is 2.51. The van der Waals surface area contributed by atoms with Crippen molar-refractivity contribution in [3.8, 4) is 0 Å². The zero-order valence-electron chi connectivity index (χ0n) is 10.2. The summed E-state index contributed by atoms with van der Waals surface area (Å²) in [6.07, 6.45) is 0.366. The molecule has 2 rings (SSSR count). The van der Waals surface area contributed by atoms with E-state index in [4.69, 9.17) is 10.2 Å². The van der Waals surface area contributed by atoms with Gasteiger partial charge in [-0.25, -0.2) is 9.78 Å². The number of aryl methyl sites for hydroxylation is 1. The molecule has 2 heterocycles. The van der Waals surface area contributed by atoms with Crippen molar-refractivity contribution in [2.75, 3.05) is 6.54 Å². The zero-order valence-corrected chi connectivity index (χ0v) is 11.0. The molecule has 0 saturated carbocycles. The summed E-state index contributed by atoms with van der Waals surface area (Å²) in [5.74, 6) is -1.70. The molecule has 102 valence electrons. The van der Waals surface area contributed by atoms with Gasteiger partial charge in [0.15, 0.2) is 11.1 Å². The van der Waals surface area contributed by atoms with E-state index in [1.807, 2.05) is 22.9 Å². The molecule has 8 heteroatoms. The molecule has 0 aliphatic rings. The maximum atomic E-state index is 11.6. The Kier molecular flexibility index (Phi) is 3.82. The van der Waals surface area contributed by atoms with E-state index in [0.717, 1.165) is 16.3 Å². The van der Waals surface area contributed by atoms with Gasteiger partial charge in [0.25, 0.3) is 0 Å². The van der Waals surface area contributed by atoms with Crippen LogP contribution >= 0.6 is 11.3 Å². The number of aliphatic hydroxyl groups is 1. The Bertz CT molecular complexity index is 619. The molecule has 0 aromatic carbocycles. The average molecular weight is 283 g/mol. The van der Waals surface area contributed by atoms with Crippen LogP contribution in [0.25, 0.3) is 4.96 Å². The average Bonchev–Trinajstić information content (AvgIpc) is 2.87. The number of nitrogens with one attached hydrogen (secondary N) is 1. The van der Waals surface area contributed by atoms with Gasteiger partial charge in [-0.15, -0.1) is 11.3 Å². The molecule has 0 radical (unpaired) electrons. The minimum atomic E-state index is -1.58. The molecule has 1 amide bonds. The number of aromatic nitrogens is 2. The van der Waals surface area contributed by atoms with Crippen LogP contribution in [0.1, 0.15) is 11.4 Å². The number of amides is 1. The van der Waals surface area contributed by atoms with Gasteiger partial charge in [0.1, 0.15) is 0 Å². The summed E-state index contributed by atoms with van der Waals surface area (Å²) in [6, 6.07) is 0. The molecule has 2 aromatic heterocycles. The molecular weight excluding hydrogens is 270 g/mol. The summed E-state index contributed by atoms with van der Waals surface area (Å²) in [5, 5.41) is 21.7. The largest absolute Gasteiger partial charge is 0.479 e. The molecule has 0 unspecified atom stereocenters. The fraction of sp³-hybridized carbons (Fsp3) is 0.364. The first-order valence-electron chi connectivity index (χ1n) is 5.57. The summed E-state index contributed by atoms with van der Waals surface area (Å²) in [6.45, 7) is 1.57. The van der Waals surface area contributed by atoms with E-state index in [0.29, 0.717) is 0 Å². The number of aliphatic hydroxyl groups excluding tert-OH is 1. The van der Waals surface area contributed by atoms with Crippen LogP contribution in [0, 0.1) is 6.92 Å². The number of carboxylic acid groups (broad SMARTS) is 1.